The Balaban J connectivity index is 1.76. The average Bonchev–Trinajstić information content (AvgIpc) is 2.90. The molecule has 1 unspecified atom stereocenters. The van der Waals surface area contributed by atoms with E-state index in [-0.39, 0.29) is 11.9 Å². The lowest BCUT2D eigenvalue weighted by Crippen LogP contribution is -2.36. The van der Waals surface area contributed by atoms with E-state index < -0.39 is 5.60 Å². The normalized spacial score (nSPS) is 18.3. The number of aryl methyl sites for hydroxylation is 1. The van der Waals surface area contributed by atoms with Gasteiger partial charge in [-0.1, -0.05) is 6.07 Å². The van der Waals surface area contributed by atoms with Crippen LogP contribution in [-0.4, -0.2) is 36.2 Å². The van der Waals surface area contributed by atoms with Crippen LogP contribution in [0.15, 0.2) is 18.2 Å². The number of halogens is 1. The topological polar surface area (TPSA) is 41.6 Å². The third-order valence-corrected chi connectivity index (χ3v) is 4.00. The van der Waals surface area contributed by atoms with Crippen molar-refractivity contribution in [1.82, 2.24) is 10.2 Å². The Bertz CT molecular complexity index is 554. The summed E-state index contributed by atoms with van der Waals surface area (Å²) in [4.78, 5) is 13.8. The minimum absolute atomic E-state index is 0.204. The third kappa shape index (κ3) is 5.50. The van der Waals surface area contributed by atoms with Crippen LogP contribution in [0.1, 0.15) is 38.3 Å². The molecular weight excluding hydrogens is 295 g/mol. The second-order valence-corrected chi connectivity index (χ2v) is 7.28. The first kappa shape index (κ1) is 17.7. The van der Waals surface area contributed by atoms with Gasteiger partial charge in [0.05, 0.1) is 0 Å². The number of carbonyl (C=O) groups is 1. The van der Waals surface area contributed by atoms with E-state index >= 15 is 0 Å². The summed E-state index contributed by atoms with van der Waals surface area (Å²) in [6.45, 7) is 10.5. The quantitative estimate of drug-likeness (QED) is 0.923. The largest absolute Gasteiger partial charge is 0.444 e. The lowest BCUT2D eigenvalue weighted by atomic mass is 10.1. The van der Waals surface area contributed by atoms with Crippen LogP contribution < -0.4 is 5.32 Å². The van der Waals surface area contributed by atoms with E-state index in [0.717, 1.165) is 30.6 Å². The summed E-state index contributed by atoms with van der Waals surface area (Å²) in [5.41, 5.74) is 1.61. The van der Waals surface area contributed by atoms with Crippen LogP contribution in [0.2, 0.25) is 0 Å². The van der Waals surface area contributed by atoms with Gasteiger partial charge in [0.25, 0.3) is 0 Å². The highest BCUT2D eigenvalue weighted by Gasteiger charge is 2.29. The maximum atomic E-state index is 13.3. The SMILES string of the molecule is Cc1ccc(F)cc1CNCC1CCN(C(=O)OC(C)(C)C)C1. The fourth-order valence-electron chi connectivity index (χ4n) is 2.73. The second kappa shape index (κ2) is 7.30. The van der Waals surface area contributed by atoms with Gasteiger partial charge in [0.15, 0.2) is 0 Å². The summed E-state index contributed by atoms with van der Waals surface area (Å²) in [6, 6.07) is 4.85. The molecule has 1 aliphatic heterocycles. The highest BCUT2D eigenvalue weighted by atomic mass is 19.1. The number of hydrogen-bond donors (Lipinski definition) is 1. The molecule has 1 fully saturated rings. The maximum absolute atomic E-state index is 13.3. The number of nitrogens with zero attached hydrogens (tertiary/aromatic N) is 1. The number of hydrogen-bond acceptors (Lipinski definition) is 3. The molecule has 128 valence electrons. The molecule has 1 N–H and O–H groups in total. The molecule has 1 atom stereocenters. The minimum Gasteiger partial charge on any atom is -0.444 e. The Kier molecular flexibility index (Phi) is 5.63. The molecule has 0 saturated carbocycles. The van der Waals surface area contributed by atoms with E-state index in [1.807, 2.05) is 27.7 Å². The van der Waals surface area contributed by atoms with E-state index in [1.54, 1.807) is 17.0 Å². The molecule has 4 nitrogen and oxygen atoms in total. The number of amides is 1. The van der Waals surface area contributed by atoms with Gasteiger partial charge >= 0.3 is 6.09 Å². The van der Waals surface area contributed by atoms with E-state index in [9.17, 15) is 9.18 Å². The van der Waals surface area contributed by atoms with Crippen LogP contribution in [-0.2, 0) is 11.3 Å². The van der Waals surface area contributed by atoms with Gasteiger partial charge in [0.2, 0.25) is 0 Å². The molecule has 0 radical (unpaired) electrons. The lowest BCUT2D eigenvalue weighted by molar-refractivity contribution is 0.0288. The Morgan fingerprint density at radius 1 is 1.43 bits per heavy atom. The summed E-state index contributed by atoms with van der Waals surface area (Å²) < 4.78 is 18.7. The molecule has 1 aromatic rings. The number of rotatable bonds is 4. The zero-order valence-corrected chi connectivity index (χ0v) is 14.5. The summed E-state index contributed by atoms with van der Waals surface area (Å²) in [7, 11) is 0. The number of ether oxygens (including phenoxy) is 1. The molecule has 0 spiro atoms. The summed E-state index contributed by atoms with van der Waals surface area (Å²) >= 11 is 0. The van der Waals surface area contributed by atoms with Crippen molar-refractivity contribution < 1.29 is 13.9 Å². The van der Waals surface area contributed by atoms with Crippen LogP contribution in [0.5, 0.6) is 0 Å². The predicted molar refractivity (Wildman–Crippen MR) is 88.8 cm³/mol. The molecule has 1 aliphatic rings. The molecule has 1 saturated heterocycles. The average molecular weight is 322 g/mol. The van der Waals surface area contributed by atoms with E-state index in [4.69, 9.17) is 4.74 Å². The van der Waals surface area contributed by atoms with Crippen LogP contribution in [0, 0.1) is 18.7 Å². The molecule has 2 rings (SSSR count). The zero-order valence-electron chi connectivity index (χ0n) is 14.5. The van der Waals surface area contributed by atoms with Crippen molar-refractivity contribution in [3.05, 3.63) is 35.1 Å². The smallest absolute Gasteiger partial charge is 0.410 e. The van der Waals surface area contributed by atoms with Crippen molar-refractivity contribution in [1.29, 1.82) is 0 Å². The number of benzene rings is 1. The fraction of sp³-hybridized carbons (Fsp3) is 0.611. The fourth-order valence-corrected chi connectivity index (χ4v) is 2.73. The Morgan fingerprint density at radius 3 is 2.87 bits per heavy atom. The van der Waals surface area contributed by atoms with Gasteiger partial charge < -0.3 is 15.0 Å². The highest BCUT2D eigenvalue weighted by molar-refractivity contribution is 5.68. The molecule has 5 heteroatoms. The monoisotopic (exact) mass is 322 g/mol. The van der Waals surface area contributed by atoms with Crippen molar-refractivity contribution in [2.75, 3.05) is 19.6 Å². The van der Waals surface area contributed by atoms with Crippen LogP contribution in [0.3, 0.4) is 0 Å². The van der Waals surface area contributed by atoms with Gasteiger partial charge in [-0.25, -0.2) is 9.18 Å². The molecule has 1 heterocycles. The highest BCUT2D eigenvalue weighted by Crippen LogP contribution is 2.19. The summed E-state index contributed by atoms with van der Waals surface area (Å²) in [5.74, 6) is 0.209. The molecule has 0 bridgehead atoms. The van der Waals surface area contributed by atoms with E-state index in [2.05, 4.69) is 5.32 Å². The number of nitrogens with one attached hydrogen (secondary N) is 1. The van der Waals surface area contributed by atoms with Crippen molar-refractivity contribution in [3.8, 4) is 0 Å². The molecule has 23 heavy (non-hydrogen) atoms. The predicted octanol–water partition coefficient (Wildman–Crippen LogP) is 3.48. The molecule has 0 aromatic heterocycles. The lowest BCUT2D eigenvalue weighted by Gasteiger charge is -2.24. The molecular formula is C18H27FN2O2. The maximum Gasteiger partial charge on any atom is 0.410 e. The first-order valence-electron chi connectivity index (χ1n) is 8.18. The minimum atomic E-state index is -0.456. The van der Waals surface area contributed by atoms with E-state index in [0.29, 0.717) is 19.0 Å². The molecule has 0 aliphatic carbocycles. The third-order valence-electron chi connectivity index (χ3n) is 4.00. The van der Waals surface area contributed by atoms with Crippen molar-refractivity contribution in [3.63, 3.8) is 0 Å². The first-order valence-corrected chi connectivity index (χ1v) is 8.18. The van der Waals surface area contributed by atoms with Gasteiger partial charge in [-0.2, -0.15) is 0 Å². The van der Waals surface area contributed by atoms with Gasteiger partial charge in [-0.15, -0.1) is 0 Å². The number of likely N-dealkylation sites (tertiary alicyclic amines) is 1. The van der Waals surface area contributed by atoms with Crippen molar-refractivity contribution in [2.45, 2.75) is 46.3 Å². The van der Waals surface area contributed by atoms with Crippen molar-refractivity contribution >= 4 is 6.09 Å². The Labute approximate surface area is 138 Å². The Hall–Kier alpha value is -1.62. The van der Waals surface area contributed by atoms with Crippen molar-refractivity contribution in [2.24, 2.45) is 5.92 Å². The first-order chi connectivity index (χ1) is 10.7. The van der Waals surface area contributed by atoms with Gasteiger partial charge in [0.1, 0.15) is 11.4 Å². The van der Waals surface area contributed by atoms with Crippen LogP contribution in [0.25, 0.3) is 0 Å². The van der Waals surface area contributed by atoms with Gasteiger partial charge in [-0.05, 0) is 63.3 Å². The number of carbonyl (C=O) groups excluding carboxylic acids is 1. The van der Waals surface area contributed by atoms with Gasteiger partial charge in [-0.3, -0.25) is 0 Å². The summed E-state index contributed by atoms with van der Waals surface area (Å²) in [5, 5.41) is 3.37. The zero-order chi connectivity index (χ0) is 17.0. The summed E-state index contributed by atoms with van der Waals surface area (Å²) in [6.07, 6.45) is 0.731. The van der Waals surface area contributed by atoms with Crippen LogP contribution >= 0.6 is 0 Å². The molecule has 1 aromatic carbocycles. The standard InChI is InChI=1S/C18H27FN2O2/c1-13-5-6-16(19)9-15(13)11-20-10-14-7-8-21(12-14)17(22)23-18(2,3)4/h5-6,9,14,20H,7-8,10-12H2,1-4H3. The Morgan fingerprint density at radius 2 is 2.17 bits per heavy atom. The van der Waals surface area contributed by atoms with E-state index in [1.165, 1.54) is 6.07 Å². The second-order valence-electron chi connectivity index (χ2n) is 7.28. The van der Waals surface area contributed by atoms with Crippen LogP contribution in [0.4, 0.5) is 9.18 Å². The van der Waals surface area contributed by atoms with Gasteiger partial charge in [0, 0.05) is 26.2 Å². The molecule has 1 amide bonds.